The molecule has 3 rings (SSSR count). The molecule has 6 heteroatoms. The number of hydrogen-bond acceptors (Lipinski definition) is 3. The van der Waals surface area contributed by atoms with Gasteiger partial charge in [0.2, 0.25) is 0 Å². The highest BCUT2D eigenvalue weighted by Gasteiger charge is 2.39. The Balaban J connectivity index is 0.00000225. The molecule has 0 atom stereocenters. The van der Waals surface area contributed by atoms with Gasteiger partial charge in [0.25, 0.3) is 0 Å². The summed E-state index contributed by atoms with van der Waals surface area (Å²) in [6, 6.07) is 0. The number of likely N-dealkylation sites (tertiary alicyclic amines) is 3. The van der Waals surface area contributed by atoms with E-state index in [1.165, 1.54) is 84.2 Å². The summed E-state index contributed by atoms with van der Waals surface area (Å²) in [6.45, 7) is 11.4. The van der Waals surface area contributed by atoms with Crippen LogP contribution >= 0.6 is 24.0 Å². The van der Waals surface area contributed by atoms with Crippen molar-refractivity contribution in [1.82, 2.24) is 20.0 Å². The van der Waals surface area contributed by atoms with E-state index in [-0.39, 0.29) is 24.0 Å². The summed E-state index contributed by atoms with van der Waals surface area (Å²) < 4.78 is 0. The molecular weight excluding hydrogens is 425 g/mol. The Morgan fingerprint density at radius 2 is 1.52 bits per heavy atom. The highest BCUT2D eigenvalue weighted by atomic mass is 127. The monoisotopic (exact) mass is 463 g/mol. The molecule has 0 spiro atoms. The predicted octanol–water partition coefficient (Wildman–Crippen LogP) is 2.62. The van der Waals surface area contributed by atoms with Crippen LogP contribution in [0, 0.1) is 0 Å². The normalized spacial score (nSPS) is 25.7. The highest BCUT2D eigenvalue weighted by molar-refractivity contribution is 14.0. The summed E-state index contributed by atoms with van der Waals surface area (Å²) in [5.74, 6) is 1.16. The van der Waals surface area contributed by atoms with Crippen molar-refractivity contribution in [2.75, 3.05) is 59.4 Å². The molecule has 3 aliphatic heterocycles. The minimum atomic E-state index is 0. The van der Waals surface area contributed by atoms with E-state index in [4.69, 9.17) is 4.99 Å². The van der Waals surface area contributed by atoms with Gasteiger partial charge in [0.15, 0.2) is 5.96 Å². The lowest BCUT2D eigenvalue weighted by molar-refractivity contribution is 0.0207. The molecule has 146 valence electrons. The van der Waals surface area contributed by atoms with Gasteiger partial charge in [-0.1, -0.05) is 6.42 Å². The molecule has 0 bridgehead atoms. The first-order valence-electron chi connectivity index (χ1n) is 10.2. The summed E-state index contributed by atoms with van der Waals surface area (Å²) in [7, 11) is 2.26. The molecule has 0 unspecified atom stereocenters. The zero-order valence-corrected chi connectivity index (χ0v) is 18.6. The maximum atomic E-state index is 5.16. The lowest BCUT2D eigenvalue weighted by atomic mass is 9.84. The maximum absolute atomic E-state index is 5.16. The third kappa shape index (κ3) is 5.45. The van der Waals surface area contributed by atoms with Gasteiger partial charge in [0, 0.05) is 25.2 Å². The molecule has 0 aliphatic carbocycles. The molecule has 0 saturated carbocycles. The van der Waals surface area contributed by atoms with E-state index in [1.807, 2.05) is 0 Å². The summed E-state index contributed by atoms with van der Waals surface area (Å²) in [6.07, 6.45) is 9.31. The van der Waals surface area contributed by atoms with Gasteiger partial charge in [-0.05, 0) is 78.7 Å². The summed E-state index contributed by atoms with van der Waals surface area (Å²) in [5.41, 5.74) is 0.299. The van der Waals surface area contributed by atoms with E-state index in [1.54, 1.807) is 0 Å². The topological polar surface area (TPSA) is 34.1 Å². The number of piperidine rings is 2. The molecule has 0 aromatic heterocycles. The Labute approximate surface area is 171 Å². The Kier molecular flexibility index (Phi) is 8.75. The minimum Gasteiger partial charge on any atom is -0.357 e. The Bertz CT molecular complexity index is 408. The molecule has 0 amide bonds. The average molecular weight is 463 g/mol. The van der Waals surface area contributed by atoms with Crippen LogP contribution in [-0.2, 0) is 0 Å². The van der Waals surface area contributed by atoms with Gasteiger partial charge >= 0.3 is 0 Å². The van der Waals surface area contributed by atoms with Crippen LogP contribution in [0.2, 0.25) is 0 Å². The van der Waals surface area contributed by atoms with E-state index < -0.39 is 0 Å². The Morgan fingerprint density at radius 3 is 2.12 bits per heavy atom. The van der Waals surface area contributed by atoms with Crippen LogP contribution in [0.3, 0.4) is 0 Å². The van der Waals surface area contributed by atoms with Crippen LogP contribution in [0.1, 0.15) is 51.9 Å². The van der Waals surface area contributed by atoms with Gasteiger partial charge in [-0.15, -0.1) is 24.0 Å². The van der Waals surface area contributed by atoms with Gasteiger partial charge in [0.1, 0.15) is 0 Å². The summed E-state index contributed by atoms with van der Waals surface area (Å²) in [5, 5.41) is 3.54. The van der Waals surface area contributed by atoms with Gasteiger partial charge in [-0.25, -0.2) is 0 Å². The van der Waals surface area contributed by atoms with E-state index in [0.717, 1.165) is 19.0 Å². The van der Waals surface area contributed by atoms with Crippen molar-refractivity contribution in [3.8, 4) is 0 Å². The maximum Gasteiger partial charge on any atom is 0.193 e. The largest absolute Gasteiger partial charge is 0.357 e. The van der Waals surface area contributed by atoms with Gasteiger partial charge in [0.05, 0.1) is 6.54 Å². The Morgan fingerprint density at radius 1 is 0.920 bits per heavy atom. The first-order chi connectivity index (χ1) is 11.7. The molecule has 3 heterocycles. The molecule has 0 aromatic carbocycles. The lowest BCUT2D eigenvalue weighted by Crippen LogP contribution is -2.58. The highest BCUT2D eigenvalue weighted by Crippen LogP contribution is 2.31. The van der Waals surface area contributed by atoms with Crippen LogP contribution in [-0.4, -0.2) is 85.6 Å². The average Bonchev–Trinajstić information content (AvgIpc) is 3.16. The third-order valence-corrected chi connectivity index (χ3v) is 6.21. The first kappa shape index (κ1) is 21.2. The fourth-order valence-corrected chi connectivity index (χ4v) is 4.55. The van der Waals surface area contributed by atoms with Crippen LogP contribution in [0.25, 0.3) is 0 Å². The quantitative estimate of drug-likeness (QED) is 0.395. The second-order valence-corrected chi connectivity index (χ2v) is 7.94. The first-order valence-corrected chi connectivity index (χ1v) is 10.2. The van der Waals surface area contributed by atoms with Crippen molar-refractivity contribution in [2.24, 2.45) is 4.99 Å². The van der Waals surface area contributed by atoms with Crippen LogP contribution in [0.15, 0.2) is 4.99 Å². The van der Waals surface area contributed by atoms with Crippen LogP contribution in [0.4, 0.5) is 0 Å². The molecular formula is C19H38IN5. The fraction of sp³-hybridized carbons (Fsp3) is 0.947. The molecule has 25 heavy (non-hydrogen) atoms. The number of hydrogen-bond donors (Lipinski definition) is 1. The number of guanidine groups is 1. The summed E-state index contributed by atoms with van der Waals surface area (Å²) in [4.78, 5) is 12.9. The molecule has 0 radical (unpaired) electrons. The van der Waals surface area contributed by atoms with Gasteiger partial charge < -0.3 is 15.1 Å². The molecule has 1 N–H and O–H groups in total. The van der Waals surface area contributed by atoms with Gasteiger partial charge in [-0.2, -0.15) is 0 Å². The number of nitrogens with zero attached hydrogens (tertiary/aromatic N) is 4. The minimum absolute atomic E-state index is 0. The number of nitrogens with one attached hydrogen (secondary N) is 1. The van der Waals surface area contributed by atoms with E-state index in [9.17, 15) is 0 Å². The van der Waals surface area contributed by atoms with E-state index in [0.29, 0.717) is 5.54 Å². The predicted molar refractivity (Wildman–Crippen MR) is 117 cm³/mol. The molecule has 3 aliphatic rings. The number of halogens is 1. The van der Waals surface area contributed by atoms with Crippen LogP contribution < -0.4 is 5.32 Å². The zero-order valence-electron chi connectivity index (χ0n) is 16.3. The van der Waals surface area contributed by atoms with Crippen LogP contribution in [0.5, 0.6) is 0 Å². The standard InChI is InChI=1S/C19H37N5.HI/c1-3-20-18(23-11-7-8-12-23)21-17-19(9-15-22(2)16-10-19)24-13-5-4-6-14-24;/h3-17H2,1-2H3,(H,20,21);1H. The molecule has 3 fully saturated rings. The number of aliphatic imine (C=N–C) groups is 1. The van der Waals surface area contributed by atoms with Crippen molar-refractivity contribution >= 4 is 29.9 Å². The van der Waals surface area contributed by atoms with Crippen molar-refractivity contribution < 1.29 is 0 Å². The molecule has 0 aromatic rings. The van der Waals surface area contributed by atoms with Crippen molar-refractivity contribution in [2.45, 2.75) is 57.4 Å². The smallest absolute Gasteiger partial charge is 0.193 e. The molecule has 3 saturated heterocycles. The Hall–Kier alpha value is -0.0800. The number of rotatable bonds is 4. The van der Waals surface area contributed by atoms with E-state index in [2.05, 4.69) is 34.0 Å². The van der Waals surface area contributed by atoms with E-state index >= 15 is 0 Å². The lowest BCUT2D eigenvalue weighted by Gasteiger charge is -2.49. The summed E-state index contributed by atoms with van der Waals surface area (Å²) >= 11 is 0. The second-order valence-electron chi connectivity index (χ2n) is 7.94. The SMILES string of the molecule is CCNC(=NCC1(N2CCCCC2)CCN(C)CC1)N1CCCC1.I. The second kappa shape index (κ2) is 10.3. The third-order valence-electron chi connectivity index (χ3n) is 6.21. The van der Waals surface area contributed by atoms with Gasteiger partial charge in [-0.3, -0.25) is 9.89 Å². The van der Waals surface area contributed by atoms with Crippen molar-refractivity contribution in [1.29, 1.82) is 0 Å². The zero-order chi connectivity index (χ0) is 16.8. The molecule has 5 nitrogen and oxygen atoms in total. The van der Waals surface area contributed by atoms with Crippen molar-refractivity contribution in [3.63, 3.8) is 0 Å². The fourth-order valence-electron chi connectivity index (χ4n) is 4.55. The van der Waals surface area contributed by atoms with Crippen molar-refractivity contribution in [3.05, 3.63) is 0 Å².